The molecule has 102 valence electrons. The smallest absolute Gasteiger partial charge is 0.0463 e. The minimum absolute atomic E-state index is 0.156. The van der Waals surface area contributed by atoms with Gasteiger partial charge in [-0.15, -0.1) is 0 Å². The normalized spacial score (nSPS) is 13.9. The van der Waals surface area contributed by atoms with Gasteiger partial charge in [-0.1, -0.05) is 58.9 Å². The molecule has 1 rings (SSSR count). The molecule has 0 saturated heterocycles. The largest absolute Gasteiger partial charge is 0.271 e. The van der Waals surface area contributed by atoms with E-state index in [1.807, 2.05) is 0 Å². The molecule has 0 saturated carbocycles. The summed E-state index contributed by atoms with van der Waals surface area (Å²) in [6.07, 6.45) is 2.27. The van der Waals surface area contributed by atoms with Gasteiger partial charge in [0.1, 0.15) is 0 Å². The first-order valence-electron chi connectivity index (χ1n) is 6.91. The van der Waals surface area contributed by atoms with Crippen LogP contribution in [0.1, 0.15) is 64.6 Å². The van der Waals surface area contributed by atoms with Crippen molar-refractivity contribution in [2.75, 3.05) is 0 Å². The second kappa shape index (κ2) is 6.35. The van der Waals surface area contributed by atoms with Crippen molar-refractivity contribution in [3.8, 4) is 0 Å². The van der Waals surface area contributed by atoms with Crippen LogP contribution in [0.5, 0.6) is 0 Å². The second-order valence-corrected chi connectivity index (χ2v) is 6.53. The molecule has 0 fully saturated rings. The van der Waals surface area contributed by atoms with Crippen LogP contribution in [0.3, 0.4) is 0 Å². The lowest BCUT2D eigenvalue weighted by Crippen LogP contribution is -2.30. The summed E-state index contributed by atoms with van der Waals surface area (Å²) in [4.78, 5) is 0. The Morgan fingerprint density at radius 2 is 1.72 bits per heavy atom. The Morgan fingerprint density at radius 3 is 2.22 bits per heavy atom. The highest BCUT2D eigenvalue weighted by Gasteiger charge is 2.21. The van der Waals surface area contributed by atoms with Crippen molar-refractivity contribution in [3.05, 3.63) is 35.4 Å². The van der Waals surface area contributed by atoms with Crippen molar-refractivity contribution in [1.29, 1.82) is 0 Å². The summed E-state index contributed by atoms with van der Waals surface area (Å²) in [5, 5.41) is 0. The van der Waals surface area contributed by atoms with Crippen molar-refractivity contribution >= 4 is 0 Å². The molecular weight excluding hydrogens is 220 g/mol. The van der Waals surface area contributed by atoms with Gasteiger partial charge in [0.2, 0.25) is 0 Å². The van der Waals surface area contributed by atoms with Gasteiger partial charge in [0.15, 0.2) is 0 Å². The van der Waals surface area contributed by atoms with Gasteiger partial charge in [0, 0.05) is 6.04 Å². The van der Waals surface area contributed by atoms with Crippen molar-refractivity contribution in [1.82, 2.24) is 5.43 Å². The molecule has 0 heterocycles. The molecule has 0 bridgehead atoms. The maximum absolute atomic E-state index is 5.75. The van der Waals surface area contributed by atoms with Crippen LogP contribution in [-0.2, 0) is 5.41 Å². The van der Waals surface area contributed by atoms with Crippen molar-refractivity contribution < 1.29 is 0 Å². The number of benzene rings is 1. The third-order valence-corrected chi connectivity index (χ3v) is 3.38. The lowest BCUT2D eigenvalue weighted by Gasteiger charge is -2.27. The molecule has 0 aliphatic carbocycles. The van der Waals surface area contributed by atoms with E-state index in [-0.39, 0.29) is 11.5 Å². The first kappa shape index (κ1) is 15.2. The molecule has 0 radical (unpaired) electrons. The predicted octanol–water partition coefficient (Wildman–Crippen LogP) is 3.92. The van der Waals surface area contributed by atoms with Crippen LogP contribution in [-0.4, -0.2) is 0 Å². The van der Waals surface area contributed by atoms with Crippen LogP contribution in [0.15, 0.2) is 24.3 Å². The van der Waals surface area contributed by atoms with Gasteiger partial charge in [-0.05, 0) is 35.3 Å². The van der Waals surface area contributed by atoms with Gasteiger partial charge >= 0.3 is 0 Å². The molecule has 1 aromatic carbocycles. The molecule has 2 heteroatoms. The van der Waals surface area contributed by atoms with Crippen molar-refractivity contribution in [3.63, 3.8) is 0 Å². The Morgan fingerprint density at radius 1 is 1.11 bits per heavy atom. The van der Waals surface area contributed by atoms with E-state index in [2.05, 4.69) is 64.3 Å². The Kier molecular flexibility index (Phi) is 5.36. The lowest BCUT2D eigenvalue weighted by molar-refractivity contribution is 0.439. The van der Waals surface area contributed by atoms with E-state index in [0.29, 0.717) is 5.92 Å². The minimum Gasteiger partial charge on any atom is -0.271 e. The number of rotatable bonds is 5. The van der Waals surface area contributed by atoms with Crippen LogP contribution in [0.4, 0.5) is 0 Å². The molecule has 18 heavy (non-hydrogen) atoms. The fourth-order valence-electron chi connectivity index (χ4n) is 2.31. The third-order valence-electron chi connectivity index (χ3n) is 3.38. The molecule has 0 aromatic heterocycles. The van der Waals surface area contributed by atoms with E-state index in [1.54, 1.807) is 0 Å². The summed E-state index contributed by atoms with van der Waals surface area (Å²) >= 11 is 0. The molecule has 0 amide bonds. The first-order chi connectivity index (χ1) is 8.36. The highest BCUT2D eigenvalue weighted by Crippen LogP contribution is 2.31. The van der Waals surface area contributed by atoms with Crippen molar-refractivity contribution in [2.24, 2.45) is 11.8 Å². The Bertz CT molecular complexity index is 364. The zero-order valence-corrected chi connectivity index (χ0v) is 12.5. The molecule has 1 atom stereocenters. The van der Waals surface area contributed by atoms with Gasteiger partial charge in [0.05, 0.1) is 0 Å². The average molecular weight is 248 g/mol. The number of nitrogens with one attached hydrogen (secondary N) is 1. The van der Waals surface area contributed by atoms with Gasteiger partial charge in [-0.3, -0.25) is 11.3 Å². The third kappa shape index (κ3) is 4.11. The number of nitrogens with two attached hydrogens (primary N) is 1. The van der Waals surface area contributed by atoms with E-state index in [0.717, 1.165) is 6.42 Å². The van der Waals surface area contributed by atoms with E-state index < -0.39 is 0 Å². The number of hydrogen-bond acceptors (Lipinski definition) is 2. The number of hydrogen-bond donors (Lipinski definition) is 2. The van der Waals surface area contributed by atoms with Crippen LogP contribution in [0.2, 0.25) is 0 Å². The van der Waals surface area contributed by atoms with E-state index in [9.17, 15) is 0 Å². The number of hydrazine groups is 1. The van der Waals surface area contributed by atoms with E-state index in [4.69, 9.17) is 5.84 Å². The molecular formula is C16H28N2. The molecule has 1 aromatic rings. The van der Waals surface area contributed by atoms with Crippen LogP contribution in [0, 0.1) is 5.92 Å². The van der Waals surface area contributed by atoms with E-state index in [1.165, 1.54) is 17.5 Å². The quantitative estimate of drug-likeness (QED) is 0.612. The fraction of sp³-hybridized carbons (Fsp3) is 0.625. The standard InChI is InChI=1S/C16H28N2/c1-12(2)10-11-15(18-17)13-8-6-7-9-14(13)16(3,4)5/h6-9,12,15,18H,10-11,17H2,1-5H3. The monoisotopic (exact) mass is 248 g/mol. The van der Waals surface area contributed by atoms with Crippen LogP contribution >= 0.6 is 0 Å². The zero-order valence-electron chi connectivity index (χ0n) is 12.5. The van der Waals surface area contributed by atoms with Gasteiger partial charge in [0.25, 0.3) is 0 Å². The van der Waals surface area contributed by atoms with Gasteiger partial charge in [-0.2, -0.15) is 0 Å². The first-order valence-corrected chi connectivity index (χ1v) is 6.91. The maximum Gasteiger partial charge on any atom is 0.0463 e. The highest BCUT2D eigenvalue weighted by molar-refractivity contribution is 5.35. The summed E-state index contributed by atoms with van der Waals surface area (Å²) in [5.41, 5.74) is 5.87. The molecule has 3 N–H and O–H groups in total. The fourth-order valence-corrected chi connectivity index (χ4v) is 2.31. The maximum atomic E-state index is 5.75. The average Bonchev–Trinajstić information content (AvgIpc) is 2.29. The van der Waals surface area contributed by atoms with E-state index >= 15 is 0 Å². The topological polar surface area (TPSA) is 38.0 Å². The summed E-state index contributed by atoms with van der Waals surface area (Å²) < 4.78 is 0. The zero-order chi connectivity index (χ0) is 13.8. The lowest BCUT2D eigenvalue weighted by atomic mass is 9.81. The van der Waals surface area contributed by atoms with Crippen LogP contribution in [0.25, 0.3) is 0 Å². The predicted molar refractivity (Wildman–Crippen MR) is 79.3 cm³/mol. The van der Waals surface area contributed by atoms with Crippen molar-refractivity contribution in [2.45, 2.75) is 58.9 Å². The SMILES string of the molecule is CC(C)CCC(NN)c1ccccc1C(C)(C)C. The molecule has 0 aliphatic rings. The Hall–Kier alpha value is -0.860. The molecule has 2 nitrogen and oxygen atoms in total. The summed E-state index contributed by atoms with van der Waals surface area (Å²) in [6, 6.07) is 8.88. The molecule has 0 spiro atoms. The van der Waals surface area contributed by atoms with Gasteiger partial charge < -0.3 is 0 Å². The van der Waals surface area contributed by atoms with Gasteiger partial charge in [-0.25, -0.2) is 0 Å². The molecule has 0 aliphatic heterocycles. The molecule has 1 unspecified atom stereocenters. The second-order valence-electron chi connectivity index (χ2n) is 6.53. The summed E-state index contributed by atoms with van der Waals surface area (Å²) in [7, 11) is 0. The summed E-state index contributed by atoms with van der Waals surface area (Å²) in [6.45, 7) is 11.3. The Balaban J connectivity index is 2.98. The minimum atomic E-state index is 0.156. The summed E-state index contributed by atoms with van der Waals surface area (Å²) in [5.74, 6) is 6.46. The highest BCUT2D eigenvalue weighted by atomic mass is 15.2. The van der Waals surface area contributed by atoms with Crippen LogP contribution < -0.4 is 11.3 Å². The Labute approximate surface area is 112 Å².